The van der Waals surface area contributed by atoms with Crippen molar-refractivity contribution in [3.05, 3.63) is 21.9 Å². The predicted molar refractivity (Wildman–Crippen MR) is 52.3 cm³/mol. The third-order valence-corrected chi connectivity index (χ3v) is 2.83. The number of nitriles is 1. The minimum atomic E-state index is -0.690. The van der Waals surface area contributed by atoms with Gasteiger partial charge >= 0.3 is 0 Å². The second-order valence-corrected chi connectivity index (χ2v) is 4.21. The molecule has 70 valence electrons. The SMILES string of the molecule is C[C@@](N)(CO)c1csc(CC#N)c1. The molecule has 13 heavy (non-hydrogen) atoms. The first-order valence-corrected chi connectivity index (χ1v) is 4.82. The van der Waals surface area contributed by atoms with Gasteiger partial charge in [-0.05, 0) is 23.9 Å². The zero-order chi connectivity index (χ0) is 9.90. The van der Waals surface area contributed by atoms with E-state index in [9.17, 15) is 0 Å². The molecule has 0 saturated carbocycles. The molecule has 0 bridgehead atoms. The van der Waals surface area contributed by atoms with Crippen LogP contribution < -0.4 is 5.73 Å². The monoisotopic (exact) mass is 196 g/mol. The fraction of sp³-hybridized carbons (Fsp3) is 0.444. The van der Waals surface area contributed by atoms with Crippen LogP contribution in [-0.4, -0.2) is 11.7 Å². The van der Waals surface area contributed by atoms with Gasteiger partial charge in [0.1, 0.15) is 0 Å². The van der Waals surface area contributed by atoms with Gasteiger partial charge in [0.2, 0.25) is 0 Å². The summed E-state index contributed by atoms with van der Waals surface area (Å²) in [5.41, 5.74) is 6.02. The van der Waals surface area contributed by atoms with Crippen molar-refractivity contribution in [2.75, 3.05) is 6.61 Å². The Bertz CT molecular complexity index is 325. The Balaban J connectivity index is 2.86. The van der Waals surface area contributed by atoms with E-state index in [1.165, 1.54) is 11.3 Å². The molecule has 0 radical (unpaired) electrons. The molecule has 0 spiro atoms. The third-order valence-electron chi connectivity index (χ3n) is 1.89. The number of hydrogen-bond donors (Lipinski definition) is 2. The highest BCUT2D eigenvalue weighted by molar-refractivity contribution is 7.10. The fourth-order valence-corrected chi connectivity index (χ4v) is 1.90. The lowest BCUT2D eigenvalue weighted by Crippen LogP contribution is -2.36. The lowest BCUT2D eigenvalue weighted by Gasteiger charge is -2.19. The van der Waals surface area contributed by atoms with Gasteiger partial charge in [-0.3, -0.25) is 0 Å². The standard InChI is InChI=1S/C9H12N2OS/c1-9(11,6-12)7-4-8(2-3-10)13-5-7/h4-5,12H,2,6,11H2,1H3/t9-/m1/s1. The van der Waals surface area contributed by atoms with Crippen molar-refractivity contribution in [3.63, 3.8) is 0 Å². The maximum absolute atomic E-state index is 9.00. The summed E-state index contributed by atoms with van der Waals surface area (Å²) in [4.78, 5) is 0.989. The fourth-order valence-electron chi connectivity index (χ4n) is 0.942. The highest BCUT2D eigenvalue weighted by atomic mass is 32.1. The number of hydrogen-bond acceptors (Lipinski definition) is 4. The van der Waals surface area contributed by atoms with E-state index in [-0.39, 0.29) is 6.61 Å². The molecule has 0 fully saturated rings. The lowest BCUT2D eigenvalue weighted by atomic mass is 9.97. The van der Waals surface area contributed by atoms with Crippen LogP contribution in [0.5, 0.6) is 0 Å². The average molecular weight is 196 g/mol. The van der Waals surface area contributed by atoms with Crippen molar-refractivity contribution in [2.45, 2.75) is 18.9 Å². The molecule has 0 unspecified atom stereocenters. The van der Waals surface area contributed by atoms with Crippen LogP contribution in [0.1, 0.15) is 17.4 Å². The molecule has 3 N–H and O–H groups in total. The Morgan fingerprint density at radius 1 is 1.77 bits per heavy atom. The van der Waals surface area contributed by atoms with Gasteiger partial charge in [-0.15, -0.1) is 11.3 Å². The minimum Gasteiger partial charge on any atom is -0.394 e. The summed E-state index contributed by atoms with van der Waals surface area (Å²) in [7, 11) is 0. The molecule has 1 aromatic rings. The number of aliphatic hydroxyl groups is 1. The van der Waals surface area contributed by atoms with Gasteiger partial charge in [-0.25, -0.2) is 0 Å². The van der Waals surface area contributed by atoms with E-state index in [1.54, 1.807) is 6.92 Å². The van der Waals surface area contributed by atoms with Crippen LogP contribution in [0.4, 0.5) is 0 Å². The van der Waals surface area contributed by atoms with E-state index in [4.69, 9.17) is 16.1 Å². The normalized spacial score (nSPS) is 14.9. The van der Waals surface area contributed by atoms with Crippen LogP contribution in [0.15, 0.2) is 11.4 Å². The molecule has 1 heterocycles. The largest absolute Gasteiger partial charge is 0.394 e. The molecule has 0 saturated heterocycles. The lowest BCUT2D eigenvalue weighted by molar-refractivity contribution is 0.210. The van der Waals surface area contributed by atoms with Crippen molar-refractivity contribution in [1.29, 1.82) is 5.26 Å². The average Bonchev–Trinajstić information content (AvgIpc) is 2.54. The molecule has 0 aliphatic heterocycles. The van der Waals surface area contributed by atoms with E-state index >= 15 is 0 Å². The summed E-state index contributed by atoms with van der Waals surface area (Å²) >= 11 is 1.50. The first-order valence-electron chi connectivity index (χ1n) is 3.95. The maximum atomic E-state index is 9.00. The van der Waals surface area contributed by atoms with Gasteiger partial charge in [0.15, 0.2) is 0 Å². The van der Waals surface area contributed by atoms with Crippen molar-refractivity contribution < 1.29 is 5.11 Å². The van der Waals surface area contributed by atoms with Crippen LogP contribution in [0.2, 0.25) is 0 Å². The summed E-state index contributed by atoms with van der Waals surface area (Å²) < 4.78 is 0. The Hall–Kier alpha value is -0.890. The summed E-state index contributed by atoms with van der Waals surface area (Å²) in [6.45, 7) is 1.68. The zero-order valence-electron chi connectivity index (χ0n) is 7.45. The topological polar surface area (TPSA) is 70.0 Å². The highest BCUT2D eigenvalue weighted by Gasteiger charge is 2.21. The van der Waals surface area contributed by atoms with Crippen molar-refractivity contribution >= 4 is 11.3 Å². The van der Waals surface area contributed by atoms with E-state index in [2.05, 4.69) is 6.07 Å². The Morgan fingerprint density at radius 2 is 2.46 bits per heavy atom. The van der Waals surface area contributed by atoms with Crippen molar-refractivity contribution in [3.8, 4) is 6.07 Å². The number of rotatable bonds is 3. The van der Waals surface area contributed by atoms with Crippen molar-refractivity contribution in [1.82, 2.24) is 0 Å². The minimum absolute atomic E-state index is 0.0876. The summed E-state index contributed by atoms with van der Waals surface area (Å²) in [5, 5.41) is 19.4. The van der Waals surface area contributed by atoms with Crippen LogP contribution >= 0.6 is 11.3 Å². The molecule has 0 aliphatic carbocycles. The first-order chi connectivity index (χ1) is 6.10. The third kappa shape index (κ3) is 2.28. The number of thiophene rings is 1. The second kappa shape index (κ2) is 3.88. The molecule has 1 aromatic heterocycles. The molecule has 0 amide bonds. The molecule has 0 aromatic carbocycles. The quantitative estimate of drug-likeness (QED) is 0.757. The summed E-state index contributed by atoms with van der Waals surface area (Å²) in [6.07, 6.45) is 0.409. The van der Waals surface area contributed by atoms with Crippen LogP contribution in [0, 0.1) is 11.3 Å². The number of aliphatic hydroxyl groups excluding tert-OH is 1. The summed E-state index contributed by atoms with van der Waals surface area (Å²) in [5.74, 6) is 0. The Labute approximate surface area is 81.4 Å². The van der Waals surface area contributed by atoms with E-state index in [0.29, 0.717) is 6.42 Å². The molecule has 3 nitrogen and oxygen atoms in total. The van der Waals surface area contributed by atoms with Crippen LogP contribution in [-0.2, 0) is 12.0 Å². The molecular weight excluding hydrogens is 184 g/mol. The van der Waals surface area contributed by atoms with Gasteiger partial charge in [-0.1, -0.05) is 0 Å². The molecule has 1 rings (SSSR count). The van der Waals surface area contributed by atoms with Crippen LogP contribution in [0.25, 0.3) is 0 Å². The molecule has 4 heteroatoms. The first kappa shape index (κ1) is 10.2. The zero-order valence-corrected chi connectivity index (χ0v) is 8.27. The highest BCUT2D eigenvalue weighted by Crippen LogP contribution is 2.23. The van der Waals surface area contributed by atoms with Gasteiger partial charge in [0.25, 0.3) is 0 Å². The van der Waals surface area contributed by atoms with Gasteiger partial charge in [0, 0.05) is 4.88 Å². The van der Waals surface area contributed by atoms with E-state index in [1.807, 2.05) is 11.4 Å². The van der Waals surface area contributed by atoms with Crippen LogP contribution in [0.3, 0.4) is 0 Å². The number of nitrogens with two attached hydrogens (primary N) is 1. The smallest absolute Gasteiger partial charge is 0.0695 e. The van der Waals surface area contributed by atoms with E-state index in [0.717, 1.165) is 10.4 Å². The van der Waals surface area contributed by atoms with E-state index < -0.39 is 5.54 Å². The van der Waals surface area contributed by atoms with Gasteiger partial charge in [0.05, 0.1) is 24.6 Å². The molecular formula is C9H12N2OS. The second-order valence-electron chi connectivity index (χ2n) is 3.21. The van der Waals surface area contributed by atoms with Crippen molar-refractivity contribution in [2.24, 2.45) is 5.73 Å². The van der Waals surface area contributed by atoms with Gasteiger partial charge < -0.3 is 10.8 Å². The molecule has 1 atom stereocenters. The van der Waals surface area contributed by atoms with Gasteiger partial charge in [-0.2, -0.15) is 5.26 Å². The predicted octanol–water partition coefficient (Wildman–Crippen LogP) is 0.980. The maximum Gasteiger partial charge on any atom is 0.0695 e. The number of nitrogens with zero attached hydrogens (tertiary/aromatic N) is 1. The Morgan fingerprint density at radius 3 is 3.00 bits per heavy atom. The Kier molecular flexibility index (Phi) is 3.04. The molecule has 0 aliphatic rings. The summed E-state index contributed by atoms with van der Waals surface area (Å²) in [6, 6.07) is 3.95.